The van der Waals surface area contributed by atoms with E-state index in [1.54, 1.807) is 18.2 Å². The van der Waals surface area contributed by atoms with E-state index in [0.29, 0.717) is 22.0 Å². The third kappa shape index (κ3) is 2.53. The third-order valence-electron chi connectivity index (χ3n) is 2.38. The first-order valence-electron chi connectivity index (χ1n) is 5.12. The molecule has 18 heavy (non-hydrogen) atoms. The standard InChI is InChI=1S/C13H9ClFN3/c14-10-3-1-8(7-16)5-13(10)18-12-4-2-9(15)6-11(12)17/h1-6,18H,17H2. The molecule has 3 nitrogen and oxygen atoms in total. The van der Waals surface area contributed by atoms with Crippen LogP contribution < -0.4 is 11.1 Å². The maximum atomic E-state index is 12.9. The molecule has 0 amide bonds. The van der Waals surface area contributed by atoms with Crippen molar-refractivity contribution in [1.29, 1.82) is 5.26 Å². The zero-order valence-corrected chi connectivity index (χ0v) is 10.0. The number of nitriles is 1. The molecule has 0 bridgehead atoms. The Morgan fingerprint density at radius 1 is 1.17 bits per heavy atom. The van der Waals surface area contributed by atoms with Crippen LogP contribution in [0.15, 0.2) is 36.4 Å². The number of hydrogen-bond donors (Lipinski definition) is 2. The van der Waals surface area contributed by atoms with Gasteiger partial charge >= 0.3 is 0 Å². The first kappa shape index (κ1) is 12.2. The molecule has 0 radical (unpaired) electrons. The molecule has 0 fully saturated rings. The summed E-state index contributed by atoms with van der Waals surface area (Å²) in [4.78, 5) is 0. The van der Waals surface area contributed by atoms with Gasteiger partial charge in [0.2, 0.25) is 0 Å². The maximum absolute atomic E-state index is 12.9. The predicted molar refractivity (Wildman–Crippen MR) is 70.3 cm³/mol. The summed E-state index contributed by atoms with van der Waals surface area (Å²) in [6, 6.07) is 10.9. The van der Waals surface area contributed by atoms with Gasteiger partial charge in [-0.25, -0.2) is 4.39 Å². The molecular formula is C13H9ClFN3. The summed E-state index contributed by atoms with van der Waals surface area (Å²) in [6.45, 7) is 0. The monoisotopic (exact) mass is 261 g/mol. The number of nitrogens with two attached hydrogens (primary N) is 1. The van der Waals surface area contributed by atoms with Crippen molar-refractivity contribution in [3.63, 3.8) is 0 Å². The summed E-state index contributed by atoms with van der Waals surface area (Å²) < 4.78 is 12.9. The molecule has 0 saturated heterocycles. The second-order valence-corrected chi connectivity index (χ2v) is 4.07. The van der Waals surface area contributed by atoms with Crippen LogP contribution in [0.2, 0.25) is 5.02 Å². The zero-order chi connectivity index (χ0) is 13.1. The normalized spacial score (nSPS) is 9.83. The molecule has 2 aromatic rings. The van der Waals surface area contributed by atoms with Gasteiger partial charge in [0.15, 0.2) is 0 Å². The summed E-state index contributed by atoms with van der Waals surface area (Å²) >= 11 is 6.00. The van der Waals surface area contributed by atoms with Gasteiger partial charge in [0, 0.05) is 0 Å². The van der Waals surface area contributed by atoms with E-state index >= 15 is 0 Å². The molecule has 0 aliphatic carbocycles. The Labute approximate surface area is 109 Å². The molecule has 2 rings (SSSR count). The summed E-state index contributed by atoms with van der Waals surface area (Å²) in [7, 11) is 0. The van der Waals surface area contributed by atoms with Crippen molar-refractivity contribution in [3.05, 3.63) is 52.8 Å². The third-order valence-corrected chi connectivity index (χ3v) is 2.71. The number of nitrogen functional groups attached to an aromatic ring is 1. The van der Waals surface area contributed by atoms with Gasteiger partial charge in [0.05, 0.1) is 33.7 Å². The fourth-order valence-electron chi connectivity index (χ4n) is 1.48. The Kier molecular flexibility index (Phi) is 3.35. The Morgan fingerprint density at radius 3 is 2.61 bits per heavy atom. The SMILES string of the molecule is N#Cc1ccc(Cl)c(Nc2ccc(F)cc2N)c1. The van der Waals surface area contributed by atoms with Crippen molar-refractivity contribution >= 4 is 28.7 Å². The van der Waals surface area contributed by atoms with E-state index in [2.05, 4.69) is 5.32 Å². The molecular weight excluding hydrogens is 253 g/mol. The van der Waals surface area contributed by atoms with Crippen molar-refractivity contribution in [2.24, 2.45) is 0 Å². The first-order chi connectivity index (χ1) is 8.60. The van der Waals surface area contributed by atoms with E-state index in [-0.39, 0.29) is 5.69 Å². The van der Waals surface area contributed by atoms with Gasteiger partial charge in [0.25, 0.3) is 0 Å². The molecule has 2 aromatic carbocycles. The highest BCUT2D eigenvalue weighted by Gasteiger charge is 2.05. The number of nitrogens with one attached hydrogen (secondary N) is 1. The number of hydrogen-bond acceptors (Lipinski definition) is 3. The molecule has 0 saturated carbocycles. The van der Waals surface area contributed by atoms with E-state index in [0.717, 1.165) is 0 Å². The average molecular weight is 262 g/mol. The lowest BCUT2D eigenvalue weighted by Gasteiger charge is -2.11. The van der Waals surface area contributed by atoms with Crippen LogP contribution in [0.5, 0.6) is 0 Å². The van der Waals surface area contributed by atoms with Crippen molar-refractivity contribution in [2.45, 2.75) is 0 Å². The van der Waals surface area contributed by atoms with Gasteiger partial charge in [-0.2, -0.15) is 5.26 Å². The van der Waals surface area contributed by atoms with Gasteiger partial charge < -0.3 is 11.1 Å². The van der Waals surface area contributed by atoms with Crippen LogP contribution in [0, 0.1) is 17.1 Å². The van der Waals surface area contributed by atoms with E-state index < -0.39 is 5.82 Å². The van der Waals surface area contributed by atoms with Crippen LogP contribution in [0.25, 0.3) is 0 Å². The average Bonchev–Trinajstić information content (AvgIpc) is 2.35. The van der Waals surface area contributed by atoms with E-state index in [1.165, 1.54) is 18.2 Å². The summed E-state index contributed by atoms with van der Waals surface area (Å²) in [5.41, 5.74) is 7.51. The largest absolute Gasteiger partial charge is 0.397 e. The minimum atomic E-state index is -0.407. The molecule has 0 aliphatic heterocycles. The smallest absolute Gasteiger partial charge is 0.125 e. The summed E-state index contributed by atoms with van der Waals surface area (Å²) in [5, 5.41) is 12.2. The van der Waals surface area contributed by atoms with Crippen molar-refractivity contribution in [3.8, 4) is 6.07 Å². The van der Waals surface area contributed by atoms with E-state index in [9.17, 15) is 4.39 Å². The molecule has 0 heterocycles. The highest BCUT2D eigenvalue weighted by Crippen LogP contribution is 2.29. The molecule has 0 aliphatic rings. The number of nitrogens with zero attached hydrogens (tertiary/aromatic N) is 1. The molecule has 90 valence electrons. The van der Waals surface area contributed by atoms with Crippen LogP contribution in [0.1, 0.15) is 5.56 Å². The number of halogens is 2. The quantitative estimate of drug-likeness (QED) is 0.811. The Morgan fingerprint density at radius 2 is 1.94 bits per heavy atom. The minimum absolute atomic E-state index is 0.272. The van der Waals surface area contributed by atoms with Crippen LogP contribution in [-0.2, 0) is 0 Å². The number of rotatable bonds is 2. The van der Waals surface area contributed by atoms with Gasteiger partial charge in [-0.1, -0.05) is 11.6 Å². The fourth-order valence-corrected chi connectivity index (χ4v) is 1.65. The molecule has 3 N–H and O–H groups in total. The van der Waals surface area contributed by atoms with Gasteiger partial charge in [-0.15, -0.1) is 0 Å². The topological polar surface area (TPSA) is 61.8 Å². The molecule has 0 atom stereocenters. The first-order valence-corrected chi connectivity index (χ1v) is 5.49. The van der Waals surface area contributed by atoms with Crippen molar-refractivity contribution in [1.82, 2.24) is 0 Å². The Balaban J connectivity index is 2.37. The maximum Gasteiger partial charge on any atom is 0.125 e. The van der Waals surface area contributed by atoms with Crippen molar-refractivity contribution < 1.29 is 4.39 Å². The lowest BCUT2D eigenvalue weighted by Crippen LogP contribution is -1.97. The highest BCUT2D eigenvalue weighted by atomic mass is 35.5. The molecule has 0 aromatic heterocycles. The predicted octanol–water partition coefficient (Wildman–Crippen LogP) is 3.68. The summed E-state index contributed by atoms with van der Waals surface area (Å²) in [6.07, 6.45) is 0. The second-order valence-electron chi connectivity index (χ2n) is 3.66. The van der Waals surface area contributed by atoms with Crippen LogP contribution >= 0.6 is 11.6 Å². The molecule has 0 unspecified atom stereocenters. The van der Waals surface area contributed by atoms with Gasteiger partial charge in [-0.05, 0) is 36.4 Å². The van der Waals surface area contributed by atoms with Crippen LogP contribution in [0.4, 0.5) is 21.5 Å². The Bertz CT molecular complexity index is 635. The lowest BCUT2D eigenvalue weighted by molar-refractivity contribution is 0.628. The molecule has 5 heteroatoms. The zero-order valence-electron chi connectivity index (χ0n) is 9.24. The van der Waals surface area contributed by atoms with Crippen LogP contribution in [0.3, 0.4) is 0 Å². The highest BCUT2D eigenvalue weighted by molar-refractivity contribution is 6.33. The molecule has 0 spiro atoms. The second kappa shape index (κ2) is 4.94. The Hall–Kier alpha value is -2.25. The van der Waals surface area contributed by atoms with E-state index in [4.69, 9.17) is 22.6 Å². The fraction of sp³-hybridized carbons (Fsp3) is 0. The van der Waals surface area contributed by atoms with Gasteiger partial charge in [0.1, 0.15) is 5.82 Å². The number of anilines is 3. The van der Waals surface area contributed by atoms with Crippen LogP contribution in [-0.4, -0.2) is 0 Å². The minimum Gasteiger partial charge on any atom is -0.397 e. The van der Waals surface area contributed by atoms with E-state index in [1.807, 2.05) is 6.07 Å². The van der Waals surface area contributed by atoms with Gasteiger partial charge in [-0.3, -0.25) is 0 Å². The number of benzene rings is 2. The van der Waals surface area contributed by atoms with Crippen molar-refractivity contribution in [2.75, 3.05) is 11.1 Å². The summed E-state index contributed by atoms with van der Waals surface area (Å²) in [5.74, 6) is -0.407. The lowest BCUT2D eigenvalue weighted by atomic mass is 10.2.